The molecular formula is C26H26N4O3. The Morgan fingerprint density at radius 3 is 2.61 bits per heavy atom. The summed E-state index contributed by atoms with van der Waals surface area (Å²) in [5.74, 6) is 0.276. The van der Waals surface area contributed by atoms with E-state index in [0.717, 1.165) is 37.9 Å². The summed E-state index contributed by atoms with van der Waals surface area (Å²) in [6.07, 6.45) is 5.91. The number of methoxy groups -OCH3 is 1. The van der Waals surface area contributed by atoms with Crippen molar-refractivity contribution in [3.8, 4) is 6.07 Å². The Morgan fingerprint density at radius 1 is 1.21 bits per heavy atom. The van der Waals surface area contributed by atoms with E-state index in [0.29, 0.717) is 17.4 Å². The monoisotopic (exact) mass is 442 g/mol. The summed E-state index contributed by atoms with van der Waals surface area (Å²) in [6, 6.07) is 16.0. The number of nitriles is 1. The molecule has 0 saturated carbocycles. The Labute approximate surface area is 192 Å². The minimum atomic E-state index is -0.779. The molecule has 0 bridgehead atoms. The highest BCUT2D eigenvalue weighted by Crippen LogP contribution is 2.27. The van der Waals surface area contributed by atoms with Gasteiger partial charge >= 0.3 is 5.97 Å². The fourth-order valence-corrected chi connectivity index (χ4v) is 4.36. The second-order valence-electron chi connectivity index (χ2n) is 8.32. The molecule has 168 valence electrons. The number of aryl methyl sites for hydroxylation is 1. The van der Waals surface area contributed by atoms with Crippen molar-refractivity contribution in [2.75, 3.05) is 25.1 Å². The van der Waals surface area contributed by atoms with Gasteiger partial charge in [-0.2, -0.15) is 5.26 Å². The molecule has 1 aromatic carbocycles. The maximum atomic E-state index is 13.4. The van der Waals surface area contributed by atoms with Crippen molar-refractivity contribution in [3.63, 3.8) is 0 Å². The lowest BCUT2D eigenvalue weighted by Gasteiger charge is -2.33. The molecule has 33 heavy (non-hydrogen) atoms. The lowest BCUT2D eigenvalue weighted by Crippen LogP contribution is -2.37. The first-order valence-electron chi connectivity index (χ1n) is 11.0. The lowest BCUT2D eigenvalue weighted by atomic mass is 9.90. The van der Waals surface area contributed by atoms with Crippen LogP contribution in [0.5, 0.6) is 0 Å². The van der Waals surface area contributed by atoms with Crippen molar-refractivity contribution in [1.82, 2.24) is 9.38 Å². The Morgan fingerprint density at radius 2 is 1.94 bits per heavy atom. The van der Waals surface area contributed by atoms with Crippen molar-refractivity contribution < 1.29 is 9.53 Å². The summed E-state index contributed by atoms with van der Waals surface area (Å²) < 4.78 is 6.16. The summed E-state index contributed by atoms with van der Waals surface area (Å²) in [7, 11) is 1.21. The number of pyridine rings is 1. The van der Waals surface area contributed by atoms with E-state index in [1.807, 2.05) is 25.1 Å². The van der Waals surface area contributed by atoms with Gasteiger partial charge in [0.2, 0.25) is 0 Å². The Balaban J connectivity index is 1.71. The minimum absolute atomic E-state index is 0.224. The zero-order valence-electron chi connectivity index (χ0n) is 18.8. The number of carbonyl (C=O) groups excluding carboxylic acids is 1. The van der Waals surface area contributed by atoms with Crippen molar-refractivity contribution in [3.05, 3.63) is 81.3 Å². The highest BCUT2D eigenvalue weighted by Gasteiger charge is 2.25. The number of ether oxygens (including phenoxy) is 1. The summed E-state index contributed by atoms with van der Waals surface area (Å²) in [5.41, 5.74) is 2.44. The van der Waals surface area contributed by atoms with Gasteiger partial charge in [0.1, 0.15) is 23.1 Å². The summed E-state index contributed by atoms with van der Waals surface area (Å²) in [4.78, 5) is 32.3. The van der Waals surface area contributed by atoms with Crippen LogP contribution in [0, 0.1) is 24.2 Å². The third-order valence-electron chi connectivity index (χ3n) is 6.16. The van der Waals surface area contributed by atoms with E-state index in [1.54, 1.807) is 12.3 Å². The standard InChI is InChI=1S/C26H26N4O3/c1-18-7-6-12-30-23(18)28-24(22(25(30)31)16-21(17-27)26(32)33-2)29-13-10-20(11-14-29)15-19-8-4-3-5-9-19/h3-9,12,16,20H,10-11,13-15H2,1-2H3. The fourth-order valence-electron chi connectivity index (χ4n) is 4.36. The van der Waals surface area contributed by atoms with E-state index in [4.69, 9.17) is 9.72 Å². The van der Waals surface area contributed by atoms with Crippen LogP contribution in [-0.2, 0) is 16.0 Å². The van der Waals surface area contributed by atoms with E-state index in [1.165, 1.54) is 23.1 Å². The summed E-state index contributed by atoms with van der Waals surface area (Å²) in [5, 5.41) is 9.45. The average Bonchev–Trinajstić information content (AvgIpc) is 2.84. The van der Waals surface area contributed by atoms with Gasteiger partial charge in [-0.1, -0.05) is 36.4 Å². The van der Waals surface area contributed by atoms with E-state index in [-0.39, 0.29) is 16.7 Å². The minimum Gasteiger partial charge on any atom is -0.465 e. The quantitative estimate of drug-likeness (QED) is 0.341. The first kappa shape index (κ1) is 22.3. The molecule has 4 rings (SSSR count). The number of benzene rings is 1. The average molecular weight is 443 g/mol. The molecule has 1 aliphatic rings. The van der Waals surface area contributed by atoms with Gasteiger partial charge in [-0.05, 0) is 55.4 Å². The molecule has 7 heteroatoms. The molecule has 7 nitrogen and oxygen atoms in total. The SMILES string of the molecule is COC(=O)C(C#N)=Cc1c(N2CCC(Cc3ccccc3)CC2)nc2c(C)cccn2c1=O. The molecular weight excluding hydrogens is 416 g/mol. The van der Waals surface area contributed by atoms with Crippen LogP contribution in [0.25, 0.3) is 11.7 Å². The van der Waals surface area contributed by atoms with Gasteiger partial charge < -0.3 is 9.64 Å². The van der Waals surface area contributed by atoms with Crippen LogP contribution < -0.4 is 10.5 Å². The highest BCUT2D eigenvalue weighted by atomic mass is 16.5. The number of carbonyl (C=O) groups is 1. The number of piperidine rings is 1. The van der Waals surface area contributed by atoms with Gasteiger partial charge in [0.25, 0.3) is 5.56 Å². The molecule has 0 N–H and O–H groups in total. The number of rotatable bonds is 5. The molecule has 1 aliphatic heterocycles. The van der Waals surface area contributed by atoms with Gasteiger partial charge in [0.05, 0.1) is 12.7 Å². The molecule has 0 radical (unpaired) electrons. The number of aromatic nitrogens is 2. The zero-order chi connectivity index (χ0) is 23.4. The number of esters is 1. The van der Waals surface area contributed by atoms with Crippen LogP contribution in [-0.4, -0.2) is 35.6 Å². The van der Waals surface area contributed by atoms with Gasteiger partial charge in [-0.15, -0.1) is 0 Å². The first-order valence-corrected chi connectivity index (χ1v) is 11.0. The molecule has 1 saturated heterocycles. The molecule has 0 spiro atoms. The van der Waals surface area contributed by atoms with Crippen LogP contribution in [0.1, 0.15) is 29.5 Å². The van der Waals surface area contributed by atoms with Gasteiger partial charge in [-0.3, -0.25) is 9.20 Å². The summed E-state index contributed by atoms with van der Waals surface area (Å²) >= 11 is 0. The maximum absolute atomic E-state index is 13.4. The van der Waals surface area contributed by atoms with Crippen LogP contribution in [0.4, 0.5) is 5.82 Å². The number of hydrogen-bond acceptors (Lipinski definition) is 6. The molecule has 3 aromatic rings. The molecule has 2 aromatic heterocycles. The topological polar surface area (TPSA) is 87.7 Å². The van der Waals surface area contributed by atoms with Gasteiger partial charge in [0.15, 0.2) is 0 Å². The number of fused-ring (bicyclic) bond motifs is 1. The predicted octanol–water partition coefficient (Wildman–Crippen LogP) is 3.54. The smallest absolute Gasteiger partial charge is 0.348 e. The van der Waals surface area contributed by atoms with E-state index < -0.39 is 5.97 Å². The second kappa shape index (κ2) is 9.70. The lowest BCUT2D eigenvalue weighted by molar-refractivity contribution is -0.135. The van der Waals surface area contributed by atoms with Crippen molar-refractivity contribution in [1.29, 1.82) is 5.26 Å². The predicted molar refractivity (Wildman–Crippen MR) is 127 cm³/mol. The van der Waals surface area contributed by atoms with Gasteiger partial charge in [-0.25, -0.2) is 9.78 Å². The van der Waals surface area contributed by atoms with Crippen LogP contribution in [0.3, 0.4) is 0 Å². The van der Waals surface area contributed by atoms with E-state index in [2.05, 4.69) is 29.2 Å². The molecule has 0 aliphatic carbocycles. The Bertz CT molecular complexity index is 1300. The third kappa shape index (κ3) is 4.65. The van der Waals surface area contributed by atoms with Crippen molar-refractivity contribution in [2.45, 2.75) is 26.2 Å². The molecule has 0 amide bonds. The Hall–Kier alpha value is -3.92. The summed E-state index contributed by atoms with van der Waals surface area (Å²) in [6.45, 7) is 3.39. The largest absolute Gasteiger partial charge is 0.465 e. The molecule has 0 atom stereocenters. The molecule has 1 fully saturated rings. The van der Waals surface area contributed by atoms with Crippen molar-refractivity contribution >= 4 is 23.5 Å². The molecule has 3 heterocycles. The first-order chi connectivity index (χ1) is 16.0. The zero-order valence-corrected chi connectivity index (χ0v) is 18.8. The second-order valence-corrected chi connectivity index (χ2v) is 8.32. The van der Waals surface area contributed by atoms with Gasteiger partial charge in [0, 0.05) is 19.3 Å². The third-order valence-corrected chi connectivity index (χ3v) is 6.16. The maximum Gasteiger partial charge on any atom is 0.348 e. The normalized spacial score (nSPS) is 14.8. The number of nitrogens with zero attached hydrogens (tertiary/aromatic N) is 4. The van der Waals surface area contributed by atoms with E-state index in [9.17, 15) is 14.9 Å². The van der Waals surface area contributed by atoms with E-state index >= 15 is 0 Å². The highest BCUT2D eigenvalue weighted by molar-refractivity contribution is 5.98. The van der Waals surface area contributed by atoms with Crippen LogP contribution in [0.15, 0.2) is 59.0 Å². The number of anilines is 1. The van der Waals surface area contributed by atoms with Crippen LogP contribution in [0.2, 0.25) is 0 Å². The molecule has 0 unspecified atom stereocenters. The number of hydrogen-bond donors (Lipinski definition) is 0. The van der Waals surface area contributed by atoms with Crippen molar-refractivity contribution in [2.24, 2.45) is 5.92 Å². The fraction of sp³-hybridized carbons (Fsp3) is 0.308. The Kier molecular flexibility index (Phi) is 6.55. The van der Waals surface area contributed by atoms with Crippen LogP contribution >= 0.6 is 0 Å².